The monoisotopic (exact) mass is 346 g/mol. The van der Waals surface area contributed by atoms with Crippen molar-refractivity contribution in [3.8, 4) is 5.75 Å². The summed E-state index contributed by atoms with van der Waals surface area (Å²) in [6.45, 7) is 6.74. The van der Waals surface area contributed by atoms with Crippen LogP contribution in [0.1, 0.15) is 41.3 Å². The fourth-order valence-corrected chi connectivity index (χ4v) is 4.44. The van der Waals surface area contributed by atoms with Crippen molar-refractivity contribution in [2.24, 2.45) is 0 Å². The molecule has 24 heavy (non-hydrogen) atoms. The maximum Gasteiger partial charge on any atom is 0.188 e. The van der Waals surface area contributed by atoms with Crippen LogP contribution in [-0.2, 0) is 11.3 Å². The molecule has 0 fully saturated rings. The fourth-order valence-electron chi connectivity index (χ4n) is 2.95. The van der Waals surface area contributed by atoms with Crippen molar-refractivity contribution in [2.75, 3.05) is 13.9 Å². The lowest BCUT2D eigenvalue weighted by atomic mass is 10.0. The highest BCUT2D eigenvalue weighted by Gasteiger charge is 2.19. The van der Waals surface area contributed by atoms with Gasteiger partial charge in [0.25, 0.3) is 0 Å². The summed E-state index contributed by atoms with van der Waals surface area (Å²) < 4.78 is 11.0. The Labute approximate surface area is 146 Å². The van der Waals surface area contributed by atoms with E-state index in [0.29, 0.717) is 14.2 Å². The van der Waals surface area contributed by atoms with E-state index in [1.54, 1.807) is 7.11 Å². The Morgan fingerprint density at radius 3 is 2.58 bits per heavy atom. The van der Waals surface area contributed by atoms with Gasteiger partial charge in [-0.05, 0) is 36.7 Å². The number of ether oxygens (including phenoxy) is 2. The van der Waals surface area contributed by atoms with Gasteiger partial charge in [-0.15, -0.1) is 0 Å². The van der Waals surface area contributed by atoms with Crippen molar-refractivity contribution < 1.29 is 14.6 Å². The van der Waals surface area contributed by atoms with Crippen molar-refractivity contribution in [3.63, 3.8) is 0 Å². The quantitative estimate of drug-likeness (QED) is 0.574. The second kappa shape index (κ2) is 9.17. The molecule has 4 heteroatoms. The summed E-state index contributed by atoms with van der Waals surface area (Å²) in [5.74, 6) is 0.934. The standard InChI is InChI=1S/C20H27O3P/c1-5-18(24-19-9-7-6-8-16(19)12-21)17-11-14(2)10-15(3)20(17)23-13-22-4/h6-11,18,21,24H,5,12-13H2,1-4H3. The molecule has 0 saturated carbocycles. The van der Waals surface area contributed by atoms with Gasteiger partial charge in [0.2, 0.25) is 0 Å². The van der Waals surface area contributed by atoms with Gasteiger partial charge in [-0.2, -0.15) is 0 Å². The highest BCUT2D eigenvalue weighted by atomic mass is 31.1. The molecule has 0 radical (unpaired) electrons. The number of aliphatic hydroxyl groups is 1. The van der Waals surface area contributed by atoms with Gasteiger partial charge >= 0.3 is 0 Å². The van der Waals surface area contributed by atoms with Gasteiger partial charge in [0, 0.05) is 18.3 Å². The molecule has 0 aromatic heterocycles. The predicted molar refractivity (Wildman–Crippen MR) is 102 cm³/mol. The third-order valence-corrected chi connectivity index (χ3v) is 5.94. The third-order valence-electron chi connectivity index (χ3n) is 4.07. The van der Waals surface area contributed by atoms with Gasteiger partial charge in [-0.25, -0.2) is 0 Å². The Bertz CT molecular complexity index is 670. The first-order chi connectivity index (χ1) is 11.6. The van der Waals surface area contributed by atoms with Crippen LogP contribution >= 0.6 is 8.58 Å². The molecule has 2 unspecified atom stereocenters. The van der Waals surface area contributed by atoms with E-state index in [9.17, 15) is 5.11 Å². The van der Waals surface area contributed by atoms with Gasteiger partial charge in [-0.1, -0.05) is 57.5 Å². The molecule has 2 aromatic carbocycles. The van der Waals surface area contributed by atoms with E-state index in [0.717, 1.165) is 23.3 Å². The zero-order chi connectivity index (χ0) is 17.5. The van der Waals surface area contributed by atoms with E-state index in [1.807, 2.05) is 18.2 Å². The van der Waals surface area contributed by atoms with E-state index in [2.05, 4.69) is 39.0 Å². The lowest BCUT2D eigenvalue weighted by Crippen LogP contribution is -2.09. The van der Waals surface area contributed by atoms with Gasteiger partial charge < -0.3 is 14.6 Å². The zero-order valence-electron chi connectivity index (χ0n) is 14.9. The molecular weight excluding hydrogens is 319 g/mol. The Kier molecular flexibility index (Phi) is 7.23. The third kappa shape index (κ3) is 4.57. The number of methoxy groups -OCH3 is 1. The van der Waals surface area contributed by atoms with Gasteiger partial charge in [0.1, 0.15) is 5.75 Å². The first-order valence-electron chi connectivity index (χ1n) is 8.28. The normalized spacial score (nSPS) is 12.7. The van der Waals surface area contributed by atoms with E-state index in [4.69, 9.17) is 9.47 Å². The maximum atomic E-state index is 9.60. The SMILES string of the molecule is CCC(Pc1ccccc1CO)c1cc(C)cc(C)c1OCOC. The summed E-state index contributed by atoms with van der Waals surface area (Å²) in [6, 6.07) is 12.5. The van der Waals surface area contributed by atoms with Crippen molar-refractivity contribution in [1.29, 1.82) is 0 Å². The number of benzene rings is 2. The first kappa shape index (κ1) is 18.9. The number of hydrogen-bond donors (Lipinski definition) is 1. The summed E-state index contributed by atoms with van der Waals surface area (Å²) in [5, 5.41) is 10.8. The van der Waals surface area contributed by atoms with Gasteiger partial charge in [0.15, 0.2) is 6.79 Å². The van der Waals surface area contributed by atoms with Crippen molar-refractivity contribution in [2.45, 2.75) is 39.5 Å². The smallest absolute Gasteiger partial charge is 0.188 e. The molecule has 1 N–H and O–H groups in total. The molecule has 0 aliphatic carbocycles. The zero-order valence-corrected chi connectivity index (χ0v) is 15.9. The van der Waals surface area contributed by atoms with Crippen LogP contribution < -0.4 is 10.0 Å². The molecule has 3 nitrogen and oxygen atoms in total. The number of rotatable bonds is 8. The molecule has 0 saturated heterocycles. The van der Waals surface area contributed by atoms with Crippen LogP contribution in [0.25, 0.3) is 0 Å². The molecular formula is C20H27O3P. The Morgan fingerprint density at radius 1 is 1.17 bits per heavy atom. The molecule has 130 valence electrons. The molecule has 2 aromatic rings. The fraction of sp³-hybridized carbons (Fsp3) is 0.400. The molecule has 0 spiro atoms. The van der Waals surface area contributed by atoms with Crippen molar-refractivity contribution in [3.05, 3.63) is 58.7 Å². The average Bonchev–Trinajstić information content (AvgIpc) is 2.58. The van der Waals surface area contributed by atoms with Crippen LogP contribution in [-0.4, -0.2) is 19.0 Å². The minimum atomic E-state index is 0.0828. The first-order valence-corrected chi connectivity index (χ1v) is 9.36. The molecule has 0 aliphatic rings. The second-order valence-electron chi connectivity index (χ2n) is 5.97. The van der Waals surface area contributed by atoms with Crippen LogP contribution in [0, 0.1) is 13.8 Å². The number of hydrogen-bond acceptors (Lipinski definition) is 3. The summed E-state index contributed by atoms with van der Waals surface area (Å²) in [7, 11) is 2.23. The molecule has 0 aliphatic heterocycles. The summed E-state index contributed by atoms with van der Waals surface area (Å²) >= 11 is 0. The van der Waals surface area contributed by atoms with E-state index < -0.39 is 0 Å². The van der Waals surface area contributed by atoms with E-state index in [1.165, 1.54) is 16.4 Å². The average molecular weight is 346 g/mol. The molecule has 0 bridgehead atoms. The largest absolute Gasteiger partial charge is 0.467 e. The lowest BCUT2D eigenvalue weighted by Gasteiger charge is -2.22. The Morgan fingerprint density at radius 2 is 1.92 bits per heavy atom. The van der Waals surface area contributed by atoms with Crippen LogP contribution in [0.15, 0.2) is 36.4 Å². The van der Waals surface area contributed by atoms with Crippen LogP contribution in [0.3, 0.4) is 0 Å². The number of aryl methyl sites for hydroxylation is 2. The van der Waals surface area contributed by atoms with Crippen LogP contribution in [0.4, 0.5) is 0 Å². The Balaban J connectivity index is 2.39. The maximum absolute atomic E-state index is 9.60. The Hall–Kier alpha value is -1.41. The summed E-state index contributed by atoms with van der Waals surface area (Å²) in [6.07, 6.45) is 1.02. The van der Waals surface area contributed by atoms with Crippen LogP contribution in [0.5, 0.6) is 5.75 Å². The lowest BCUT2D eigenvalue weighted by molar-refractivity contribution is 0.0499. The minimum Gasteiger partial charge on any atom is -0.467 e. The second-order valence-corrected chi connectivity index (χ2v) is 7.50. The van der Waals surface area contributed by atoms with Gasteiger partial charge in [-0.3, -0.25) is 0 Å². The van der Waals surface area contributed by atoms with Crippen molar-refractivity contribution in [1.82, 2.24) is 0 Å². The summed E-state index contributed by atoms with van der Waals surface area (Å²) in [4.78, 5) is 0. The molecule has 0 heterocycles. The van der Waals surface area contributed by atoms with Gasteiger partial charge in [0.05, 0.1) is 6.61 Å². The molecule has 2 atom stereocenters. The minimum absolute atomic E-state index is 0.0828. The van der Waals surface area contributed by atoms with Crippen LogP contribution in [0.2, 0.25) is 0 Å². The van der Waals surface area contributed by atoms with Crippen molar-refractivity contribution >= 4 is 13.9 Å². The van der Waals surface area contributed by atoms with E-state index >= 15 is 0 Å². The predicted octanol–water partition coefficient (Wildman–Crippen LogP) is 4.23. The highest BCUT2D eigenvalue weighted by molar-refractivity contribution is 7.47. The molecule has 0 amide bonds. The topological polar surface area (TPSA) is 38.7 Å². The molecule has 2 rings (SSSR count). The summed E-state index contributed by atoms with van der Waals surface area (Å²) in [5.41, 5.74) is 4.99. The van der Waals surface area contributed by atoms with E-state index in [-0.39, 0.29) is 13.4 Å². The highest BCUT2D eigenvalue weighted by Crippen LogP contribution is 2.43. The number of aliphatic hydroxyl groups excluding tert-OH is 1.